The van der Waals surface area contributed by atoms with Gasteiger partial charge in [-0.3, -0.25) is 9.69 Å². The van der Waals surface area contributed by atoms with Crippen molar-refractivity contribution in [3.63, 3.8) is 0 Å². The number of anilines is 3. The molecule has 2 N–H and O–H groups in total. The van der Waals surface area contributed by atoms with Gasteiger partial charge in [-0.2, -0.15) is 10.2 Å². The highest BCUT2D eigenvalue weighted by Crippen LogP contribution is 2.36. The standard InChI is InChI=1S/C31H34F2N8O4/c1-20-14-41(27(43)15-42)18-31(32,33)28(20)45-26-7-2-21(12-22(26)13-34)29-35-19-36-30(38-29)37-23-3-5-24(6-4-23)39-8-10-40(11-9-39)25-16-44-17-25/h2-7,12,19-20,25,28,42H,8-11,14-18H2,1H3,(H,35,36,37,38)/t20-,28?/m1/s1. The molecule has 236 valence electrons. The summed E-state index contributed by atoms with van der Waals surface area (Å²) in [4.78, 5) is 30.5. The molecule has 14 heteroatoms. The first-order valence-electron chi connectivity index (χ1n) is 14.8. The number of rotatable bonds is 8. The summed E-state index contributed by atoms with van der Waals surface area (Å²) in [7, 11) is 0. The minimum absolute atomic E-state index is 0.00343. The first-order chi connectivity index (χ1) is 21.7. The van der Waals surface area contributed by atoms with Gasteiger partial charge < -0.3 is 29.7 Å². The largest absolute Gasteiger partial charge is 0.482 e. The van der Waals surface area contributed by atoms with E-state index in [0.717, 1.165) is 55.7 Å². The first kappa shape index (κ1) is 30.6. The normalized spacial score (nSPS) is 21.9. The summed E-state index contributed by atoms with van der Waals surface area (Å²) in [5, 5.41) is 22.1. The number of benzene rings is 2. The Kier molecular flexibility index (Phi) is 8.75. The maximum absolute atomic E-state index is 15.0. The van der Waals surface area contributed by atoms with Gasteiger partial charge in [0.15, 0.2) is 11.9 Å². The van der Waals surface area contributed by atoms with Gasteiger partial charge in [-0.1, -0.05) is 6.92 Å². The molecular formula is C31H34F2N8O4. The van der Waals surface area contributed by atoms with Crippen molar-refractivity contribution in [3.8, 4) is 23.2 Å². The fraction of sp³-hybridized carbons (Fsp3) is 0.452. The second-order valence-electron chi connectivity index (χ2n) is 11.6. The van der Waals surface area contributed by atoms with Gasteiger partial charge in [0, 0.05) is 55.6 Å². The molecular weight excluding hydrogens is 586 g/mol. The van der Waals surface area contributed by atoms with Crippen LogP contribution in [0.25, 0.3) is 11.4 Å². The van der Waals surface area contributed by atoms with Crippen LogP contribution >= 0.6 is 0 Å². The number of piperazine rings is 1. The number of hydrogen-bond acceptors (Lipinski definition) is 11. The van der Waals surface area contributed by atoms with Crippen molar-refractivity contribution in [1.29, 1.82) is 5.26 Å². The smallest absolute Gasteiger partial charge is 0.301 e. The maximum atomic E-state index is 15.0. The van der Waals surface area contributed by atoms with Crippen LogP contribution in [0.5, 0.6) is 5.75 Å². The van der Waals surface area contributed by atoms with E-state index in [1.54, 1.807) is 6.07 Å². The molecule has 1 unspecified atom stereocenters. The summed E-state index contributed by atoms with van der Waals surface area (Å²) < 4.78 is 41.0. The molecule has 3 fully saturated rings. The third kappa shape index (κ3) is 6.65. The number of aliphatic hydroxyl groups is 1. The number of carbonyl (C=O) groups excluding carboxylic acids is 1. The molecule has 3 aromatic rings. The van der Waals surface area contributed by atoms with E-state index < -0.39 is 37.0 Å². The van der Waals surface area contributed by atoms with E-state index in [4.69, 9.17) is 14.6 Å². The number of aromatic nitrogens is 3. The van der Waals surface area contributed by atoms with Crippen LogP contribution in [0.1, 0.15) is 12.5 Å². The molecule has 3 aliphatic rings. The second kappa shape index (κ2) is 12.9. The summed E-state index contributed by atoms with van der Waals surface area (Å²) in [5.74, 6) is -4.32. The van der Waals surface area contributed by atoms with Crippen molar-refractivity contribution in [2.24, 2.45) is 5.92 Å². The zero-order chi connectivity index (χ0) is 31.6. The van der Waals surface area contributed by atoms with Gasteiger partial charge in [-0.15, -0.1) is 0 Å². The molecule has 12 nitrogen and oxygen atoms in total. The number of nitriles is 1. The number of aliphatic hydroxyl groups excluding tert-OH is 1. The van der Waals surface area contributed by atoms with Gasteiger partial charge in [0.2, 0.25) is 11.9 Å². The van der Waals surface area contributed by atoms with Crippen molar-refractivity contribution in [3.05, 3.63) is 54.4 Å². The highest BCUT2D eigenvalue weighted by atomic mass is 19.3. The average Bonchev–Trinajstić information content (AvgIpc) is 3.02. The lowest BCUT2D eigenvalue weighted by atomic mass is 9.93. The van der Waals surface area contributed by atoms with Crippen LogP contribution in [0.15, 0.2) is 48.8 Å². The third-order valence-corrected chi connectivity index (χ3v) is 8.45. The zero-order valence-corrected chi connectivity index (χ0v) is 24.8. The summed E-state index contributed by atoms with van der Waals surface area (Å²) in [6.45, 7) is 5.42. The molecule has 4 heterocycles. The molecule has 2 atom stereocenters. The SMILES string of the molecule is C[C@@H]1CN(C(=O)CO)CC(F)(F)C1Oc1ccc(-c2ncnc(Nc3ccc(N4CCN(C5COC5)CC4)cc3)n2)cc1C#N. The number of likely N-dealkylation sites (tertiary alicyclic amines) is 1. The molecule has 0 aliphatic carbocycles. The lowest BCUT2D eigenvalue weighted by Crippen LogP contribution is -2.59. The number of nitrogens with one attached hydrogen (secondary N) is 1. The summed E-state index contributed by atoms with van der Waals surface area (Å²) in [5.41, 5.74) is 2.46. The van der Waals surface area contributed by atoms with Crippen molar-refractivity contribution < 1.29 is 28.2 Å². The number of ether oxygens (including phenoxy) is 2. The fourth-order valence-corrected chi connectivity index (χ4v) is 5.92. The molecule has 1 aromatic heterocycles. The topological polar surface area (TPSA) is 140 Å². The van der Waals surface area contributed by atoms with Crippen LogP contribution < -0.4 is 15.0 Å². The van der Waals surface area contributed by atoms with Crippen molar-refractivity contribution in [1.82, 2.24) is 24.8 Å². The van der Waals surface area contributed by atoms with Gasteiger partial charge in [0.25, 0.3) is 0 Å². The van der Waals surface area contributed by atoms with E-state index in [1.165, 1.54) is 25.4 Å². The molecule has 0 radical (unpaired) electrons. The van der Waals surface area contributed by atoms with Crippen LogP contribution in [0.4, 0.5) is 26.1 Å². The average molecular weight is 621 g/mol. The minimum atomic E-state index is -3.39. The number of carbonyl (C=O) groups is 1. The molecule has 0 spiro atoms. The number of amides is 1. The van der Waals surface area contributed by atoms with Gasteiger partial charge in [0.1, 0.15) is 24.8 Å². The maximum Gasteiger partial charge on any atom is 0.301 e. The highest BCUT2D eigenvalue weighted by molar-refractivity contribution is 5.77. The lowest BCUT2D eigenvalue weighted by molar-refractivity contribution is -0.174. The minimum Gasteiger partial charge on any atom is -0.482 e. The van der Waals surface area contributed by atoms with E-state index in [-0.39, 0.29) is 23.7 Å². The van der Waals surface area contributed by atoms with Gasteiger partial charge in [-0.25, -0.2) is 18.7 Å². The van der Waals surface area contributed by atoms with Crippen LogP contribution in [-0.2, 0) is 9.53 Å². The molecule has 0 saturated carbocycles. The molecule has 3 aliphatic heterocycles. The van der Waals surface area contributed by atoms with Crippen LogP contribution in [0, 0.1) is 17.2 Å². The third-order valence-electron chi connectivity index (χ3n) is 8.45. The van der Waals surface area contributed by atoms with Gasteiger partial charge in [0.05, 0.1) is 31.4 Å². The zero-order valence-electron chi connectivity index (χ0n) is 24.8. The number of hydrogen-bond donors (Lipinski definition) is 2. The number of piperidine rings is 1. The molecule has 3 saturated heterocycles. The Morgan fingerprint density at radius 2 is 1.91 bits per heavy atom. The van der Waals surface area contributed by atoms with Crippen molar-refractivity contribution in [2.45, 2.75) is 25.0 Å². The van der Waals surface area contributed by atoms with E-state index in [9.17, 15) is 10.1 Å². The Hall–Kier alpha value is -4.45. The Balaban J connectivity index is 1.11. The molecule has 45 heavy (non-hydrogen) atoms. The summed E-state index contributed by atoms with van der Waals surface area (Å²) in [6, 6.07) is 15.1. The molecule has 6 rings (SSSR count). The molecule has 2 aromatic carbocycles. The van der Waals surface area contributed by atoms with Crippen molar-refractivity contribution >= 4 is 23.2 Å². The number of nitrogens with zero attached hydrogens (tertiary/aromatic N) is 7. The first-order valence-corrected chi connectivity index (χ1v) is 14.8. The predicted molar refractivity (Wildman–Crippen MR) is 160 cm³/mol. The molecule has 0 bridgehead atoms. The number of alkyl halides is 2. The van der Waals surface area contributed by atoms with E-state index in [1.807, 2.05) is 18.2 Å². The van der Waals surface area contributed by atoms with Gasteiger partial charge in [-0.05, 0) is 42.5 Å². The Morgan fingerprint density at radius 1 is 1.16 bits per heavy atom. The van der Waals surface area contributed by atoms with E-state index >= 15 is 8.78 Å². The van der Waals surface area contributed by atoms with Crippen molar-refractivity contribution in [2.75, 3.05) is 69.3 Å². The summed E-state index contributed by atoms with van der Waals surface area (Å²) in [6.07, 6.45) is -0.212. The monoisotopic (exact) mass is 620 g/mol. The number of halogens is 2. The Labute approximate surface area is 259 Å². The van der Waals surface area contributed by atoms with Crippen LogP contribution in [-0.4, -0.2) is 113 Å². The predicted octanol–water partition coefficient (Wildman–Crippen LogP) is 2.53. The van der Waals surface area contributed by atoms with E-state index in [2.05, 4.69) is 42.2 Å². The summed E-state index contributed by atoms with van der Waals surface area (Å²) >= 11 is 0. The van der Waals surface area contributed by atoms with E-state index in [0.29, 0.717) is 17.6 Å². The lowest BCUT2D eigenvalue weighted by Gasteiger charge is -2.43. The fourth-order valence-electron chi connectivity index (χ4n) is 5.92. The van der Waals surface area contributed by atoms with Crippen LogP contribution in [0.2, 0.25) is 0 Å². The second-order valence-corrected chi connectivity index (χ2v) is 11.6. The molecule has 1 amide bonds. The Bertz CT molecular complexity index is 1560. The van der Waals surface area contributed by atoms with Crippen LogP contribution in [0.3, 0.4) is 0 Å². The van der Waals surface area contributed by atoms with Gasteiger partial charge >= 0.3 is 5.92 Å². The Morgan fingerprint density at radius 3 is 2.56 bits per heavy atom. The quantitative estimate of drug-likeness (QED) is 0.384. The highest BCUT2D eigenvalue weighted by Gasteiger charge is 2.51.